The van der Waals surface area contributed by atoms with Crippen LogP contribution in [0.4, 0.5) is 10.6 Å². The molecule has 2 N–H and O–H groups in total. The van der Waals surface area contributed by atoms with Crippen molar-refractivity contribution in [1.29, 1.82) is 0 Å². The van der Waals surface area contributed by atoms with E-state index in [2.05, 4.69) is 39.5 Å². The molecule has 4 heterocycles. The third-order valence-corrected chi connectivity index (χ3v) is 6.26. The zero-order chi connectivity index (χ0) is 19.1. The highest BCUT2D eigenvalue weighted by Gasteiger charge is 2.32. The maximum atomic E-state index is 12.4. The molecule has 0 atom stereocenters. The Kier molecular flexibility index (Phi) is 4.42. The number of amides is 4. The molecule has 9 nitrogen and oxygen atoms in total. The van der Waals surface area contributed by atoms with E-state index in [-0.39, 0.29) is 18.4 Å². The number of piperidine rings is 1. The number of nitrogens with one attached hydrogen (secondary N) is 2. The summed E-state index contributed by atoms with van der Waals surface area (Å²) < 4.78 is 0. The molecule has 0 spiro atoms. The first kappa shape index (κ1) is 17.7. The lowest BCUT2D eigenvalue weighted by molar-refractivity contribution is -0.129. The van der Waals surface area contributed by atoms with E-state index < -0.39 is 11.9 Å². The number of hydrogen-bond acceptors (Lipinski definition) is 7. The molecule has 2 aromatic heterocycles. The predicted molar refractivity (Wildman–Crippen MR) is 100 cm³/mol. The topological polar surface area (TPSA) is 108 Å². The number of rotatable bonds is 3. The first-order valence-corrected chi connectivity index (χ1v) is 9.63. The van der Waals surface area contributed by atoms with Crippen LogP contribution in [0.3, 0.4) is 0 Å². The molecule has 0 radical (unpaired) electrons. The Morgan fingerprint density at radius 1 is 1.26 bits per heavy atom. The Morgan fingerprint density at radius 3 is 2.67 bits per heavy atom. The SMILES string of the molecule is Cc1sc2ncnc(N3CCC(C(=O)NN4CC(=O)NC4=O)CC3)c2c1C. The summed E-state index contributed by atoms with van der Waals surface area (Å²) in [7, 11) is 0. The maximum Gasteiger partial charge on any atom is 0.343 e. The van der Waals surface area contributed by atoms with Gasteiger partial charge in [-0.25, -0.2) is 19.8 Å². The Morgan fingerprint density at radius 2 is 2.00 bits per heavy atom. The molecule has 0 bridgehead atoms. The zero-order valence-electron chi connectivity index (χ0n) is 15.1. The van der Waals surface area contributed by atoms with E-state index >= 15 is 0 Å². The van der Waals surface area contributed by atoms with Gasteiger partial charge in [0, 0.05) is 23.9 Å². The minimum absolute atomic E-state index is 0.140. The van der Waals surface area contributed by atoms with Crippen LogP contribution in [0.1, 0.15) is 23.3 Å². The molecule has 4 amide bonds. The van der Waals surface area contributed by atoms with Crippen molar-refractivity contribution in [2.24, 2.45) is 5.92 Å². The van der Waals surface area contributed by atoms with Crippen molar-refractivity contribution in [3.63, 3.8) is 0 Å². The molecular weight excluding hydrogens is 368 g/mol. The van der Waals surface area contributed by atoms with Gasteiger partial charge in [-0.2, -0.15) is 0 Å². The van der Waals surface area contributed by atoms with E-state index in [1.54, 1.807) is 17.7 Å². The van der Waals surface area contributed by atoms with E-state index in [0.29, 0.717) is 25.9 Å². The van der Waals surface area contributed by atoms with E-state index in [4.69, 9.17) is 0 Å². The first-order valence-electron chi connectivity index (χ1n) is 8.81. The van der Waals surface area contributed by atoms with Gasteiger partial charge >= 0.3 is 6.03 Å². The lowest BCUT2D eigenvalue weighted by Gasteiger charge is -2.33. The monoisotopic (exact) mass is 388 g/mol. The fourth-order valence-electron chi connectivity index (χ4n) is 3.51. The second-order valence-corrected chi connectivity index (χ2v) is 8.04. The molecular formula is C17H20N6O3S. The van der Waals surface area contributed by atoms with E-state index in [1.807, 2.05) is 0 Å². The van der Waals surface area contributed by atoms with Gasteiger partial charge in [0.2, 0.25) is 11.8 Å². The van der Waals surface area contributed by atoms with Crippen LogP contribution in [-0.2, 0) is 9.59 Å². The Balaban J connectivity index is 1.43. The van der Waals surface area contributed by atoms with Gasteiger partial charge in [0.1, 0.15) is 23.5 Å². The minimum atomic E-state index is -0.586. The average Bonchev–Trinajstić information content (AvgIpc) is 3.13. The largest absolute Gasteiger partial charge is 0.356 e. The summed E-state index contributed by atoms with van der Waals surface area (Å²) in [6.45, 7) is 5.43. The summed E-state index contributed by atoms with van der Waals surface area (Å²) in [6.07, 6.45) is 2.90. The fourth-order valence-corrected chi connectivity index (χ4v) is 4.50. The normalized spacial score (nSPS) is 18.3. The number of hydrogen-bond donors (Lipinski definition) is 2. The van der Waals surface area contributed by atoms with Gasteiger partial charge in [-0.15, -0.1) is 11.3 Å². The molecule has 2 aromatic rings. The summed E-state index contributed by atoms with van der Waals surface area (Å²) in [6, 6.07) is -0.586. The van der Waals surface area contributed by atoms with Crippen LogP contribution < -0.4 is 15.6 Å². The minimum Gasteiger partial charge on any atom is -0.356 e. The Hall–Kier alpha value is -2.75. The predicted octanol–water partition coefficient (Wildman–Crippen LogP) is 1.11. The van der Waals surface area contributed by atoms with Gasteiger partial charge in [-0.1, -0.05) is 0 Å². The lowest BCUT2D eigenvalue weighted by atomic mass is 9.96. The van der Waals surface area contributed by atoms with E-state index in [0.717, 1.165) is 21.0 Å². The quantitative estimate of drug-likeness (QED) is 0.763. The van der Waals surface area contributed by atoms with Crippen LogP contribution in [0.15, 0.2) is 6.33 Å². The van der Waals surface area contributed by atoms with E-state index in [9.17, 15) is 14.4 Å². The zero-order valence-corrected chi connectivity index (χ0v) is 15.9. The molecule has 2 fully saturated rings. The number of carbonyl (C=O) groups is 3. The molecule has 0 aliphatic carbocycles. The fraction of sp³-hybridized carbons (Fsp3) is 0.471. The number of anilines is 1. The highest BCUT2D eigenvalue weighted by Crippen LogP contribution is 2.35. The summed E-state index contributed by atoms with van der Waals surface area (Å²) >= 11 is 1.67. The second kappa shape index (κ2) is 6.76. The molecule has 10 heteroatoms. The Labute approximate surface area is 159 Å². The molecule has 0 aromatic carbocycles. The number of urea groups is 1. The summed E-state index contributed by atoms with van der Waals surface area (Å²) in [5.41, 5.74) is 3.75. The molecule has 4 rings (SSSR count). The maximum absolute atomic E-state index is 12.4. The van der Waals surface area contributed by atoms with Gasteiger partial charge in [0.05, 0.1) is 5.39 Å². The number of aryl methyl sites for hydroxylation is 2. The highest BCUT2D eigenvalue weighted by molar-refractivity contribution is 7.18. The standard InChI is InChI=1S/C17H20N6O3S/c1-9-10(2)27-16-13(9)14(18-8-19-16)22-5-3-11(4-6-22)15(25)21-23-7-12(24)20-17(23)26/h8,11H,3-7H2,1-2H3,(H,21,25)(H,20,24,26). The van der Waals surface area contributed by atoms with Crippen LogP contribution in [0, 0.1) is 19.8 Å². The van der Waals surface area contributed by atoms with Crippen LogP contribution in [-0.4, -0.2) is 52.5 Å². The highest BCUT2D eigenvalue weighted by atomic mass is 32.1. The van der Waals surface area contributed by atoms with Crippen LogP contribution in [0.25, 0.3) is 10.2 Å². The number of imide groups is 1. The summed E-state index contributed by atoms with van der Waals surface area (Å²) in [4.78, 5) is 48.5. The number of thiophene rings is 1. The van der Waals surface area contributed by atoms with Crippen molar-refractivity contribution in [2.45, 2.75) is 26.7 Å². The number of aromatic nitrogens is 2. The van der Waals surface area contributed by atoms with Crippen molar-refractivity contribution in [3.05, 3.63) is 16.8 Å². The van der Waals surface area contributed by atoms with Crippen molar-refractivity contribution in [3.8, 4) is 0 Å². The van der Waals surface area contributed by atoms with Gasteiger partial charge in [0.15, 0.2) is 0 Å². The van der Waals surface area contributed by atoms with Crippen molar-refractivity contribution in [2.75, 3.05) is 24.5 Å². The first-order chi connectivity index (χ1) is 12.9. The summed E-state index contributed by atoms with van der Waals surface area (Å²) in [5.74, 6) is 0.0804. The number of fused-ring (bicyclic) bond motifs is 1. The van der Waals surface area contributed by atoms with Crippen molar-refractivity contribution >= 4 is 45.2 Å². The summed E-state index contributed by atoms with van der Waals surface area (Å²) in [5, 5.41) is 4.26. The van der Waals surface area contributed by atoms with Gasteiger partial charge in [-0.05, 0) is 32.3 Å². The molecule has 0 saturated carbocycles. The van der Waals surface area contributed by atoms with Crippen LogP contribution in [0.2, 0.25) is 0 Å². The van der Waals surface area contributed by atoms with Crippen LogP contribution in [0.5, 0.6) is 0 Å². The Bertz CT molecular complexity index is 934. The van der Waals surface area contributed by atoms with Crippen molar-refractivity contribution in [1.82, 2.24) is 25.7 Å². The van der Waals surface area contributed by atoms with E-state index in [1.165, 1.54) is 10.4 Å². The van der Waals surface area contributed by atoms with Gasteiger partial charge in [0.25, 0.3) is 0 Å². The number of hydrazine groups is 1. The molecule has 2 saturated heterocycles. The second-order valence-electron chi connectivity index (χ2n) is 6.84. The number of nitrogens with zero attached hydrogens (tertiary/aromatic N) is 4. The third-order valence-electron chi connectivity index (χ3n) is 5.15. The molecule has 2 aliphatic rings. The smallest absolute Gasteiger partial charge is 0.343 e. The van der Waals surface area contributed by atoms with Gasteiger partial charge in [-0.3, -0.25) is 20.3 Å². The van der Waals surface area contributed by atoms with Crippen molar-refractivity contribution < 1.29 is 14.4 Å². The molecule has 142 valence electrons. The molecule has 27 heavy (non-hydrogen) atoms. The third kappa shape index (κ3) is 3.20. The molecule has 2 aliphatic heterocycles. The lowest BCUT2D eigenvalue weighted by Crippen LogP contribution is -2.49. The number of carbonyl (C=O) groups excluding carboxylic acids is 3. The average molecular weight is 388 g/mol. The molecule has 0 unspecified atom stereocenters. The van der Waals surface area contributed by atoms with Crippen LogP contribution >= 0.6 is 11.3 Å². The van der Waals surface area contributed by atoms with Gasteiger partial charge < -0.3 is 4.90 Å².